The van der Waals surface area contributed by atoms with Gasteiger partial charge in [0.25, 0.3) is 0 Å². The third-order valence-corrected chi connectivity index (χ3v) is 5.92. The average Bonchev–Trinajstić information content (AvgIpc) is 3.19. The number of benzene rings is 1. The third kappa shape index (κ3) is 3.56. The van der Waals surface area contributed by atoms with E-state index in [1.54, 1.807) is 30.5 Å². The third-order valence-electron chi connectivity index (χ3n) is 4.21. The summed E-state index contributed by atoms with van der Waals surface area (Å²) in [6.45, 7) is 2.39. The molecule has 6 heteroatoms. The average molecular weight is 319 g/mol. The topological polar surface area (TPSA) is 55.2 Å². The van der Waals surface area contributed by atoms with Crippen LogP contribution in [-0.4, -0.2) is 48.0 Å². The largest absolute Gasteiger partial charge is 0.298 e. The van der Waals surface area contributed by atoms with Crippen molar-refractivity contribution in [3.05, 3.63) is 48.8 Å². The summed E-state index contributed by atoms with van der Waals surface area (Å²) in [7, 11) is -3.20. The molecule has 1 atom stereocenters. The van der Waals surface area contributed by atoms with Gasteiger partial charge in [-0.25, -0.2) is 8.42 Å². The first-order valence-electron chi connectivity index (χ1n) is 7.64. The highest BCUT2D eigenvalue weighted by molar-refractivity contribution is 7.91. The van der Waals surface area contributed by atoms with E-state index in [1.807, 2.05) is 23.0 Å². The molecule has 2 aromatic rings. The van der Waals surface area contributed by atoms with Gasteiger partial charge in [-0.15, -0.1) is 0 Å². The smallest absolute Gasteiger partial charge is 0.179 e. The van der Waals surface area contributed by atoms with Crippen LogP contribution in [0.4, 0.5) is 0 Å². The van der Waals surface area contributed by atoms with Crippen LogP contribution >= 0.6 is 0 Å². The molecule has 1 unspecified atom stereocenters. The number of aromatic nitrogens is 2. The van der Waals surface area contributed by atoms with Gasteiger partial charge in [-0.2, -0.15) is 5.10 Å². The first-order chi connectivity index (χ1) is 10.6. The number of hydrogen-bond donors (Lipinski definition) is 0. The first kappa shape index (κ1) is 15.2. The number of hydrogen-bond acceptors (Lipinski definition) is 4. The Morgan fingerprint density at radius 2 is 2.00 bits per heavy atom. The van der Waals surface area contributed by atoms with Crippen LogP contribution in [-0.2, 0) is 16.4 Å². The van der Waals surface area contributed by atoms with Gasteiger partial charge >= 0.3 is 0 Å². The van der Waals surface area contributed by atoms with Crippen molar-refractivity contribution >= 4 is 9.84 Å². The molecule has 0 saturated carbocycles. The van der Waals surface area contributed by atoms with Crippen molar-refractivity contribution in [2.75, 3.05) is 18.8 Å². The van der Waals surface area contributed by atoms with Crippen molar-refractivity contribution < 1.29 is 8.42 Å². The number of nitrogens with zero attached hydrogens (tertiary/aromatic N) is 3. The van der Waals surface area contributed by atoms with Crippen LogP contribution in [0.15, 0.2) is 53.7 Å². The maximum atomic E-state index is 12.4. The van der Waals surface area contributed by atoms with Gasteiger partial charge in [0.1, 0.15) is 0 Å². The van der Waals surface area contributed by atoms with E-state index in [-0.39, 0.29) is 5.75 Å². The summed E-state index contributed by atoms with van der Waals surface area (Å²) in [6, 6.07) is 11.0. The van der Waals surface area contributed by atoms with Crippen molar-refractivity contribution in [1.82, 2.24) is 14.7 Å². The first-order valence-corrected chi connectivity index (χ1v) is 9.30. The lowest BCUT2D eigenvalue weighted by Gasteiger charge is -2.24. The van der Waals surface area contributed by atoms with Crippen LogP contribution in [0.1, 0.15) is 12.8 Å². The standard InChI is InChI=1S/C16H21N3O2S/c20-22(21,16-7-2-1-3-8-16)13-12-18-10-4-6-15(18)14-19-11-5-9-17-19/h1-3,5,7-9,11,15H,4,6,10,12-14H2. The van der Waals surface area contributed by atoms with Gasteiger partial charge in [0.2, 0.25) is 0 Å². The summed E-state index contributed by atoms with van der Waals surface area (Å²) in [5.41, 5.74) is 0. The van der Waals surface area contributed by atoms with Gasteiger partial charge in [0, 0.05) is 25.0 Å². The van der Waals surface area contributed by atoms with E-state index in [0.717, 1.165) is 25.9 Å². The molecular weight excluding hydrogens is 298 g/mol. The molecule has 0 bridgehead atoms. The Bertz CT molecular complexity index is 683. The summed E-state index contributed by atoms with van der Waals surface area (Å²) in [4.78, 5) is 2.69. The summed E-state index contributed by atoms with van der Waals surface area (Å²) in [6.07, 6.45) is 5.96. The maximum Gasteiger partial charge on any atom is 0.179 e. The normalized spacial score (nSPS) is 19.5. The van der Waals surface area contributed by atoms with E-state index in [1.165, 1.54) is 0 Å². The molecule has 0 N–H and O–H groups in total. The molecule has 3 rings (SSSR count). The van der Waals surface area contributed by atoms with Gasteiger partial charge in [0.05, 0.1) is 17.2 Å². The molecular formula is C16H21N3O2S. The van der Waals surface area contributed by atoms with E-state index >= 15 is 0 Å². The van der Waals surface area contributed by atoms with Crippen LogP contribution in [0.3, 0.4) is 0 Å². The molecule has 118 valence electrons. The number of rotatable bonds is 6. The Morgan fingerprint density at radius 1 is 1.18 bits per heavy atom. The summed E-state index contributed by atoms with van der Waals surface area (Å²) >= 11 is 0. The molecule has 22 heavy (non-hydrogen) atoms. The lowest BCUT2D eigenvalue weighted by molar-refractivity contribution is 0.239. The van der Waals surface area contributed by atoms with Gasteiger partial charge in [0.15, 0.2) is 9.84 Å². The van der Waals surface area contributed by atoms with Crippen molar-refractivity contribution in [2.45, 2.75) is 30.3 Å². The second-order valence-electron chi connectivity index (χ2n) is 5.69. The molecule has 1 aliphatic rings. The molecule has 5 nitrogen and oxygen atoms in total. The van der Waals surface area contributed by atoms with Crippen molar-refractivity contribution in [3.63, 3.8) is 0 Å². The van der Waals surface area contributed by atoms with Crippen LogP contribution in [0, 0.1) is 0 Å². The van der Waals surface area contributed by atoms with Crippen molar-refractivity contribution in [2.24, 2.45) is 0 Å². The molecule has 1 aromatic carbocycles. The Morgan fingerprint density at radius 3 is 2.73 bits per heavy atom. The van der Waals surface area contributed by atoms with Crippen molar-refractivity contribution in [3.8, 4) is 0 Å². The lowest BCUT2D eigenvalue weighted by atomic mass is 10.2. The van der Waals surface area contributed by atoms with Crippen molar-refractivity contribution in [1.29, 1.82) is 0 Å². The Balaban J connectivity index is 1.60. The van der Waals surface area contributed by atoms with E-state index in [2.05, 4.69) is 10.00 Å². The molecule has 1 fully saturated rings. The van der Waals surface area contributed by atoms with E-state index < -0.39 is 9.84 Å². The predicted octanol–water partition coefficient (Wildman–Crippen LogP) is 1.82. The summed E-state index contributed by atoms with van der Waals surface area (Å²) in [5.74, 6) is 0.173. The Kier molecular flexibility index (Phi) is 4.59. The highest BCUT2D eigenvalue weighted by atomic mass is 32.2. The fourth-order valence-electron chi connectivity index (χ4n) is 3.00. The van der Waals surface area contributed by atoms with Crippen LogP contribution in [0.5, 0.6) is 0 Å². The Labute approximate surface area is 131 Å². The van der Waals surface area contributed by atoms with E-state index in [4.69, 9.17) is 0 Å². The quantitative estimate of drug-likeness (QED) is 0.815. The van der Waals surface area contributed by atoms with Gasteiger partial charge in [-0.1, -0.05) is 18.2 Å². The molecule has 1 saturated heterocycles. The summed E-state index contributed by atoms with van der Waals surface area (Å²) in [5, 5.41) is 4.24. The minimum absolute atomic E-state index is 0.173. The van der Waals surface area contributed by atoms with Gasteiger partial charge in [-0.05, 0) is 37.6 Å². The summed E-state index contributed by atoms with van der Waals surface area (Å²) < 4.78 is 26.7. The maximum absolute atomic E-state index is 12.4. The zero-order valence-electron chi connectivity index (χ0n) is 12.5. The number of sulfone groups is 1. The SMILES string of the molecule is O=S(=O)(CCN1CCCC1Cn1cccn1)c1ccccc1. The predicted molar refractivity (Wildman–Crippen MR) is 85.3 cm³/mol. The highest BCUT2D eigenvalue weighted by Gasteiger charge is 2.26. The van der Waals surface area contributed by atoms with E-state index in [0.29, 0.717) is 17.5 Å². The Hall–Kier alpha value is -1.66. The fraction of sp³-hybridized carbons (Fsp3) is 0.438. The molecule has 1 aliphatic heterocycles. The highest BCUT2D eigenvalue weighted by Crippen LogP contribution is 2.19. The molecule has 0 amide bonds. The molecule has 2 heterocycles. The van der Waals surface area contributed by atoms with Crippen LogP contribution in [0.2, 0.25) is 0 Å². The van der Waals surface area contributed by atoms with Gasteiger partial charge in [-0.3, -0.25) is 9.58 Å². The fourth-order valence-corrected chi connectivity index (χ4v) is 4.29. The molecule has 0 spiro atoms. The minimum atomic E-state index is -3.20. The van der Waals surface area contributed by atoms with Crippen LogP contribution < -0.4 is 0 Å². The second kappa shape index (κ2) is 6.62. The van der Waals surface area contributed by atoms with Crippen LogP contribution in [0.25, 0.3) is 0 Å². The minimum Gasteiger partial charge on any atom is -0.298 e. The van der Waals surface area contributed by atoms with E-state index in [9.17, 15) is 8.42 Å². The van der Waals surface area contributed by atoms with Gasteiger partial charge < -0.3 is 0 Å². The lowest BCUT2D eigenvalue weighted by Crippen LogP contribution is -2.36. The zero-order valence-corrected chi connectivity index (χ0v) is 13.3. The zero-order chi connectivity index (χ0) is 15.4. The monoisotopic (exact) mass is 319 g/mol. The second-order valence-corrected chi connectivity index (χ2v) is 7.80. The molecule has 0 radical (unpaired) electrons. The molecule has 0 aliphatic carbocycles. The molecule has 1 aromatic heterocycles. The number of likely N-dealkylation sites (tertiary alicyclic amines) is 1.